The third kappa shape index (κ3) is 2.93. The van der Waals surface area contributed by atoms with Gasteiger partial charge in [0.05, 0.1) is 5.69 Å². The van der Waals surface area contributed by atoms with E-state index >= 15 is 0 Å². The number of nitrogens with zero attached hydrogens (tertiary/aromatic N) is 1. The van der Waals surface area contributed by atoms with Crippen molar-refractivity contribution in [3.8, 4) is 0 Å². The Kier molecular flexibility index (Phi) is 4.17. The smallest absolute Gasteiger partial charge is 0.146 e. The lowest BCUT2D eigenvalue weighted by molar-refractivity contribution is 0.619. The summed E-state index contributed by atoms with van der Waals surface area (Å²) in [7, 11) is 1.89. The summed E-state index contributed by atoms with van der Waals surface area (Å²) in [5.74, 6) is -0.223. The molecule has 0 aromatic heterocycles. The Morgan fingerprint density at radius 2 is 1.74 bits per heavy atom. The number of hydrogen-bond donors (Lipinski definition) is 1. The van der Waals surface area contributed by atoms with Crippen LogP contribution in [0.3, 0.4) is 0 Å². The average molecular weight is 258 g/mol. The van der Waals surface area contributed by atoms with Crippen LogP contribution in [0.4, 0.5) is 10.1 Å². The van der Waals surface area contributed by atoms with Crippen LogP contribution in [-0.2, 0) is 13.1 Å². The molecule has 3 heteroatoms. The molecule has 19 heavy (non-hydrogen) atoms. The highest BCUT2D eigenvalue weighted by molar-refractivity contribution is 5.54. The van der Waals surface area contributed by atoms with Gasteiger partial charge < -0.3 is 10.6 Å². The number of benzene rings is 2. The SMILES string of the molecule is Cc1ccccc1CN(C)c1c(F)cccc1CN. The van der Waals surface area contributed by atoms with Gasteiger partial charge in [0.15, 0.2) is 0 Å². The summed E-state index contributed by atoms with van der Waals surface area (Å²) in [6.45, 7) is 3.07. The Morgan fingerprint density at radius 3 is 2.42 bits per heavy atom. The Balaban J connectivity index is 2.30. The number of aryl methyl sites for hydroxylation is 1. The van der Waals surface area contributed by atoms with Gasteiger partial charge in [0.2, 0.25) is 0 Å². The first-order valence-corrected chi connectivity index (χ1v) is 6.36. The summed E-state index contributed by atoms with van der Waals surface area (Å²) in [4.78, 5) is 1.92. The van der Waals surface area contributed by atoms with E-state index in [0.29, 0.717) is 18.8 Å². The fraction of sp³-hybridized carbons (Fsp3) is 0.250. The lowest BCUT2D eigenvalue weighted by Crippen LogP contribution is -2.20. The summed E-state index contributed by atoms with van der Waals surface area (Å²) in [6.07, 6.45) is 0. The molecule has 0 aliphatic heterocycles. The minimum atomic E-state index is -0.223. The van der Waals surface area contributed by atoms with Gasteiger partial charge in [-0.2, -0.15) is 0 Å². The van der Waals surface area contributed by atoms with E-state index in [1.165, 1.54) is 17.2 Å². The van der Waals surface area contributed by atoms with Crippen molar-refractivity contribution in [1.82, 2.24) is 0 Å². The van der Waals surface area contributed by atoms with Crippen molar-refractivity contribution in [3.05, 3.63) is 65.0 Å². The lowest BCUT2D eigenvalue weighted by atomic mass is 10.1. The van der Waals surface area contributed by atoms with Crippen LogP contribution in [0.15, 0.2) is 42.5 Å². The molecule has 0 spiro atoms. The summed E-state index contributed by atoms with van der Waals surface area (Å²) in [6, 6.07) is 13.2. The van der Waals surface area contributed by atoms with Crippen molar-refractivity contribution in [3.63, 3.8) is 0 Å². The Labute approximate surface area is 113 Å². The van der Waals surface area contributed by atoms with Crippen LogP contribution in [0.1, 0.15) is 16.7 Å². The van der Waals surface area contributed by atoms with Gasteiger partial charge in [-0.05, 0) is 29.7 Å². The number of hydrogen-bond acceptors (Lipinski definition) is 2. The zero-order valence-corrected chi connectivity index (χ0v) is 11.4. The van der Waals surface area contributed by atoms with Crippen molar-refractivity contribution >= 4 is 5.69 Å². The van der Waals surface area contributed by atoms with Gasteiger partial charge in [-0.1, -0.05) is 36.4 Å². The van der Waals surface area contributed by atoms with Crippen LogP contribution in [0.25, 0.3) is 0 Å². The molecule has 2 N–H and O–H groups in total. The molecule has 0 saturated heterocycles. The average Bonchev–Trinajstić information content (AvgIpc) is 2.40. The van der Waals surface area contributed by atoms with Gasteiger partial charge in [0.1, 0.15) is 5.82 Å². The largest absolute Gasteiger partial charge is 0.368 e. The molecule has 0 fully saturated rings. The first kappa shape index (κ1) is 13.6. The normalized spacial score (nSPS) is 10.5. The van der Waals surface area contributed by atoms with Gasteiger partial charge in [0.25, 0.3) is 0 Å². The van der Waals surface area contributed by atoms with Gasteiger partial charge >= 0.3 is 0 Å². The molecular formula is C16H19FN2. The molecule has 2 nitrogen and oxygen atoms in total. The standard InChI is InChI=1S/C16H19FN2/c1-12-6-3-4-7-14(12)11-19(2)16-13(10-18)8-5-9-15(16)17/h3-9H,10-11,18H2,1-2H3. The predicted octanol–water partition coefficient (Wildman–Crippen LogP) is 3.23. The highest BCUT2D eigenvalue weighted by Gasteiger charge is 2.12. The van der Waals surface area contributed by atoms with E-state index in [4.69, 9.17) is 5.73 Å². The number of para-hydroxylation sites is 1. The van der Waals surface area contributed by atoms with Crippen molar-refractivity contribution in [1.29, 1.82) is 0 Å². The first-order chi connectivity index (χ1) is 9.13. The third-order valence-corrected chi connectivity index (χ3v) is 3.34. The maximum atomic E-state index is 14.0. The summed E-state index contributed by atoms with van der Waals surface area (Å²) >= 11 is 0. The molecule has 100 valence electrons. The van der Waals surface area contributed by atoms with E-state index < -0.39 is 0 Å². The molecule has 0 atom stereocenters. The van der Waals surface area contributed by atoms with Crippen molar-refractivity contribution in [2.45, 2.75) is 20.0 Å². The second kappa shape index (κ2) is 5.85. The van der Waals surface area contributed by atoms with Gasteiger partial charge in [0, 0.05) is 20.1 Å². The van der Waals surface area contributed by atoms with Gasteiger partial charge in [-0.3, -0.25) is 0 Å². The summed E-state index contributed by atoms with van der Waals surface area (Å²) in [5.41, 5.74) is 9.51. The van der Waals surface area contributed by atoms with E-state index in [1.54, 1.807) is 6.07 Å². The highest BCUT2D eigenvalue weighted by Crippen LogP contribution is 2.25. The Bertz CT molecular complexity index is 566. The van der Waals surface area contributed by atoms with E-state index in [1.807, 2.05) is 30.1 Å². The summed E-state index contributed by atoms with van der Waals surface area (Å²) < 4.78 is 14.0. The number of anilines is 1. The highest BCUT2D eigenvalue weighted by atomic mass is 19.1. The molecule has 2 aromatic rings. The fourth-order valence-corrected chi connectivity index (χ4v) is 2.27. The van der Waals surface area contributed by atoms with Crippen LogP contribution < -0.4 is 10.6 Å². The number of rotatable bonds is 4. The van der Waals surface area contributed by atoms with E-state index in [2.05, 4.69) is 19.1 Å². The molecular weight excluding hydrogens is 239 g/mol. The molecule has 0 heterocycles. The minimum absolute atomic E-state index is 0.223. The van der Waals surface area contributed by atoms with Crippen LogP contribution >= 0.6 is 0 Å². The zero-order chi connectivity index (χ0) is 13.8. The van der Waals surface area contributed by atoms with E-state index in [0.717, 1.165) is 5.56 Å². The Morgan fingerprint density at radius 1 is 1.05 bits per heavy atom. The Hall–Kier alpha value is -1.87. The first-order valence-electron chi connectivity index (χ1n) is 6.36. The maximum absolute atomic E-state index is 14.0. The third-order valence-electron chi connectivity index (χ3n) is 3.34. The molecule has 0 saturated carbocycles. The van der Waals surface area contributed by atoms with Gasteiger partial charge in [-0.15, -0.1) is 0 Å². The quantitative estimate of drug-likeness (QED) is 0.912. The second-order valence-electron chi connectivity index (χ2n) is 4.73. The van der Waals surface area contributed by atoms with Crippen molar-refractivity contribution in [2.24, 2.45) is 5.73 Å². The second-order valence-corrected chi connectivity index (χ2v) is 4.73. The zero-order valence-electron chi connectivity index (χ0n) is 11.4. The molecule has 0 bridgehead atoms. The fourth-order valence-electron chi connectivity index (χ4n) is 2.27. The number of nitrogens with two attached hydrogens (primary N) is 1. The summed E-state index contributed by atoms with van der Waals surface area (Å²) in [5, 5.41) is 0. The van der Waals surface area contributed by atoms with Crippen LogP contribution in [0, 0.1) is 12.7 Å². The molecule has 0 aliphatic rings. The van der Waals surface area contributed by atoms with E-state index in [9.17, 15) is 4.39 Å². The van der Waals surface area contributed by atoms with E-state index in [-0.39, 0.29) is 5.82 Å². The van der Waals surface area contributed by atoms with Crippen molar-refractivity contribution in [2.75, 3.05) is 11.9 Å². The monoisotopic (exact) mass is 258 g/mol. The van der Waals surface area contributed by atoms with Crippen LogP contribution in [0.5, 0.6) is 0 Å². The lowest BCUT2D eigenvalue weighted by Gasteiger charge is -2.23. The molecule has 0 unspecified atom stereocenters. The van der Waals surface area contributed by atoms with Crippen LogP contribution in [-0.4, -0.2) is 7.05 Å². The molecule has 2 rings (SSSR count). The molecule has 2 aromatic carbocycles. The molecule has 0 aliphatic carbocycles. The molecule has 0 amide bonds. The topological polar surface area (TPSA) is 29.3 Å². The van der Waals surface area contributed by atoms with Crippen LogP contribution in [0.2, 0.25) is 0 Å². The van der Waals surface area contributed by atoms with Crippen molar-refractivity contribution < 1.29 is 4.39 Å². The minimum Gasteiger partial charge on any atom is -0.368 e. The number of halogens is 1. The predicted molar refractivity (Wildman–Crippen MR) is 77.6 cm³/mol. The van der Waals surface area contributed by atoms with Gasteiger partial charge in [-0.25, -0.2) is 4.39 Å². The molecule has 0 radical (unpaired) electrons. The maximum Gasteiger partial charge on any atom is 0.146 e.